The Morgan fingerprint density at radius 3 is 2.39 bits per heavy atom. The van der Waals surface area contributed by atoms with Crippen molar-refractivity contribution < 1.29 is 9.59 Å². The van der Waals surface area contributed by atoms with Crippen molar-refractivity contribution in [2.75, 3.05) is 12.3 Å². The number of rotatable bonds is 11. The number of halogens is 3. The van der Waals surface area contributed by atoms with Gasteiger partial charge in [-0.05, 0) is 67.5 Å². The number of hydrogen-bond donors (Lipinski definition) is 1. The fraction of sp³-hybridized carbons (Fsp3) is 0.391. The van der Waals surface area contributed by atoms with Crippen LogP contribution in [0.3, 0.4) is 0 Å². The zero-order chi connectivity index (χ0) is 22.8. The summed E-state index contributed by atoms with van der Waals surface area (Å²) in [4.78, 5) is 28.3. The largest absolute Gasteiger partial charge is 0.354 e. The van der Waals surface area contributed by atoms with E-state index in [-0.39, 0.29) is 18.4 Å². The average molecular weight is 502 g/mol. The van der Waals surface area contributed by atoms with Crippen LogP contribution in [0.5, 0.6) is 0 Å². The molecule has 0 aliphatic rings. The zero-order valence-electron chi connectivity index (χ0n) is 17.7. The molecule has 1 N–H and O–H groups in total. The molecule has 0 spiro atoms. The Kier molecular flexibility index (Phi) is 11.0. The second kappa shape index (κ2) is 13.2. The van der Waals surface area contributed by atoms with Crippen molar-refractivity contribution in [2.24, 2.45) is 0 Å². The molecule has 0 saturated heterocycles. The minimum absolute atomic E-state index is 0.0816. The molecule has 0 radical (unpaired) electrons. The molecule has 2 rings (SSSR count). The molecular formula is C23H27Cl3N2O2S. The predicted octanol–water partition coefficient (Wildman–Crippen LogP) is 6.46. The van der Waals surface area contributed by atoms with E-state index in [1.807, 2.05) is 31.2 Å². The minimum atomic E-state index is -0.602. The van der Waals surface area contributed by atoms with Gasteiger partial charge in [-0.15, -0.1) is 11.8 Å². The average Bonchev–Trinajstić information content (AvgIpc) is 2.75. The SMILES string of the molecule is CCCNC(=O)[C@H](C)N(Cc1ccc(Cl)cc1Cl)C(=O)CCCSc1ccc(Cl)cc1. The molecule has 0 saturated carbocycles. The van der Waals surface area contributed by atoms with Gasteiger partial charge in [-0.1, -0.05) is 47.8 Å². The summed E-state index contributed by atoms with van der Waals surface area (Å²) in [5.74, 6) is 0.539. The number of carbonyl (C=O) groups excluding carboxylic acids is 2. The van der Waals surface area contributed by atoms with Gasteiger partial charge >= 0.3 is 0 Å². The van der Waals surface area contributed by atoms with Gasteiger partial charge in [0.1, 0.15) is 6.04 Å². The molecule has 168 valence electrons. The summed E-state index contributed by atoms with van der Waals surface area (Å²) >= 11 is 19.9. The zero-order valence-corrected chi connectivity index (χ0v) is 20.8. The van der Waals surface area contributed by atoms with Gasteiger partial charge in [0.05, 0.1) is 0 Å². The molecule has 2 aromatic carbocycles. The third-order valence-electron chi connectivity index (χ3n) is 4.69. The van der Waals surface area contributed by atoms with Crippen LogP contribution in [0.2, 0.25) is 15.1 Å². The van der Waals surface area contributed by atoms with E-state index in [2.05, 4.69) is 5.32 Å². The molecule has 0 unspecified atom stereocenters. The third kappa shape index (κ3) is 8.57. The van der Waals surface area contributed by atoms with Crippen molar-refractivity contribution >= 4 is 58.4 Å². The molecule has 0 bridgehead atoms. The summed E-state index contributed by atoms with van der Waals surface area (Å²) in [6, 6.07) is 12.2. The Morgan fingerprint density at radius 2 is 1.74 bits per heavy atom. The number of thioether (sulfide) groups is 1. The molecule has 0 aromatic heterocycles. The van der Waals surface area contributed by atoms with E-state index in [0.29, 0.717) is 34.5 Å². The van der Waals surface area contributed by atoms with E-state index in [0.717, 1.165) is 22.6 Å². The summed E-state index contributed by atoms with van der Waals surface area (Å²) in [5.41, 5.74) is 0.755. The lowest BCUT2D eigenvalue weighted by atomic mass is 10.1. The number of carbonyl (C=O) groups is 2. The van der Waals surface area contributed by atoms with E-state index < -0.39 is 6.04 Å². The Labute approximate surface area is 203 Å². The van der Waals surface area contributed by atoms with Gasteiger partial charge in [0.2, 0.25) is 11.8 Å². The normalized spacial score (nSPS) is 11.8. The maximum Gasteiger partial charge on any atom is 0.242 e. The van der Waals surface area contributed by atoms with Crippen molar-refractivity contribution in [3.05, 3.63) is 63.1 Å². The van der Waals surface area contributed by atoms with Crippen LogP contribution in [-0.4, -0.2) is 35.1 Å². The second-order valence-electron chi connectivity index (χ2n) is 7.13. The first-order valence-electron chi connectivity index (χ1n) is 10.2. The first-order chi connectivity index (χ1) is 14.8. The third-order valence-corrected chi connectivity index (χ3v) is 6.63. The van der Waals surface area contributed by atoms with E-state index in [1.165, 1.54) is 0 Å². The van der Waals surface area contributed by atoms with Crippen LogP contribution in [-0.2, 0) is 16.1 Å². The van der Waals surface area contributed by atoms with Crippen LogP contribution < -0.4 is 5.32 Å². The first-order valence-corrected chi connectivity index (χ1v) is 12.3. The van der Waals surface area contributed by atoms with Crippen LogP contribution in [0.15, 0.2) is 47.4 Å². The summed E-state index contributed by atoms with van der Waals surface area (Å²) < 4.78 is 0. The Hall–Kier alpha value is -1.40. The standard InChI is InChI=1S/C23H27Cl3N2O2S/c1-3-12-27-23(30)16(2)28(15-17-6-7-19(25)14-21(17)26)22(29)5-4-13-31-20-10-8-18(24)9-11-20/h6-11,14,16H,3-5,12-13,15H2,1-2H3,(H,27,30)/t16-/m0/s1. The smallest absolute Gasteiger partial charge is 0.242 e. The molecule has 4 nitrogen and oxygen atoms in total. The van der Waals surface area contributed by atoms with E-state index in [9.17, 15) is 9.59 Å². The maximum absolute atomic E-state index is 13.1. The van der Waals surface area contributed by atoms with Crippen molar-refractivity contribution in [3.8, 4) is 0 Å². The molecule has 0 aliphatic heterocycles. The summed E-state index contributed by atoms with van der Waals surface area (Å²) in [5, 5.41) is 4.57. The molecule has 31 heavy (non-hydrogen) atoms. The van der Waals surface area contributed by atoms with Crippen molar-refractivity contribution in [1.29, 1.82) is 0 Å². The molecule has 2 amide bonds. The summed E-state index contributed by atoms with van der Waals surface area (Å²) in [6.07, 6.45) is 1.87. The molecule has 0 fully saturated rings. The minimum Gasteiger partial charge on any atom is -0.354 e. The lowest BCUT2D eigenvalue weighted by molar-refractivity contribution is -0.140. The van der Waals surface area contributed by atoms with Gasteiger partial charge < -0.3 is 10.2 Å². The van der Waals surface area contributed by atoms with E-state index >= 15 is 0 Å². The molecule has 0 aliphatic carbocycles. The number of benzene rings is 2. The highest BCUT2D eigenvalue weighted by molar-refractivity contribution is 7.99. The monoisotopic (exact) mass is 500 g/mol. The van der Waals surface area contributed by atoms with Crippen LogP contribution in [0.25, 0.3) is 0 Å². The van der Waals surface area contributed by atoms with Gasteiger partial charge in [0.25, 0.3) is 0 Å². The molecule has 8 heteroatoms. The summed E-state index contributed by atoms with van der Waals surface area (Å²) in [6.45, 7) is 4.55. The molecule has 2 aromatic rings. The van der Waals surface area contributed by atoms with Crippen molar-refractivity contribution in [1.82, 2.24) is 10.2 Å². The summed E-state index contributed by atoms with van der Waals surface area (Å²) in [7, 11) is 0. The number of hydrogen-bond acceptors (Lipinski definition) is 3. The fourth-order valence-corrected chi connectivity index (χ4v) is 4.35. The molecule has 1 atom stereocenters. The Balaban J connectivity index is 2.02. The van der Waals surface area contributed by atoms with Crippen LogP contribution in [0.1, 0.15) is 38.7 Å². The Morgan fingerprint density at radius 1 is 1.06 bits per heavy atom. The molecule has 0 heterocycles. The van der Waals surface area contributed by atoms with Gasteiger partial charge in [-0.3, -0.25) is 9.59 Å². The molecular weight excluding hydrogens is 475 g/mol. The maximum atomic E-state index is 13.1. The van der Waals surface area contributed by atoms with Gasteiger partial charge in [0, 0.05) is 39.5 Å². The highest BCUT2D eigenvalue weighted by Crippen LogP contribution is 2.25. The second-order valence-corrected chi connectivity index (χ2v) is 9.58. The van der Waals surface area contributed by atoms with E-state index in [4.69, 9.17) is 34.8 Å². The lowest BCUT2D eigenvalue weighted by Gasteiger charge is -2.29. The van der Waals surface area contributed by atoms with Crippen LogP contribution >= 0.6 is 46.6 Å². The number of amides is 2. The van der Waals surface area contributed by atoms with Crippen LogP contribution in [0.4, 0.5) is 0 Å². The van der Waals surface area contributed by atoms with Gasteiger partial charge in [0.15, 0.2) is 0 Å². The van der Waals surface area contributed by atoms with Gasteiger partial charge in [-0.25, -0.2) is 0 Å². The quantitative estimate of drug-likeness (QED) is 0.284. The fourth-order valence-electron chi connectivity index (χ4n) is 2.90. The number of nitrogens with zero attached hydrogens (tertiary/aromatic N) is 1. The number of nitrogens with one attached hydrogen (secondary N) is 1. The van der Waals surface area contributed by atoms with Gasteiger partial charge in [-0.2, -0.15) is 0 Å². The highest BCUT2D eigenvalue weighted by Gasteiger charge is 2.26. The van der Waals surface area contributed by atoms with E-state index in [1.54, 1.807) is 41.8 Å². The topological polar surface area (TPSA) is 49.4 Å². The first kappa shape index (κ1) is 25.9. The lowest BCUT2D eigenvalue weighted by Crippen LogP contribution is -2.47. The van der Waals surface area contributed by atoms with Crippen LogP contribution in [0, 0.1) is 0 Å². The predicted molar refractivity (Wildman–Crippen MR) is 131 cm³/mol. The Bertz CT molecular complexity index is 878. The van der Waals surface area contributed by atoms with Crippen molar-refractivity contribution in [2.45, 2.75) is 50.6 Å². The highest BCUT2D eigenvalue weighted by atomic mass is 35.5. The van der Waals surface area contributed by atoms with Crippen molar-refractivity contribution in [3.63, 3.8) is 0 Å².